The first kappa shape index (κ1) is 16.8. The molecular formula is C17H24BrIO. The molecule has 3 heteroatoms. The standard InChI is InChI=1S/C17H24BrIO/c1-13(2)15-6-8-17(12-19,9-7-15)20-11-14-4-3-5-16(18)10-14/h3-5,10,13,15H,6-9,11-12H2,1-2H3. The molecule has 1 aromatic carbocycles. The molecular weight excluding hydrogens is 427 g/mol. The summed E-state index contributed by atoms with van der Waals surface area (Å²) in [6.45, 7) is 5.43. The fourth-order valence-electron chi connectivity index (χ4n) is 3.01. The summed E-state index contributed by atoms with van der Waals surface area (Å²) in [6, 6.07) is 8.44. The average molecular weight is 451 g/mol. The van der Waals surface area contributed by atoms with Crippen molar-refractivity contribution < 1.29 is 4.74 Å². The molecule has 0 saturated heterocycles. The molecule has 0 heterocycles. The fourth-order valence-corrected chi connectivity index (χ4v) is 4.44. The zero-order chi connectivity index (χ0) is 14.6. The van der Waals surface area contributed by atoms with E-state index < -0.39 is 0 Å². The molecule has 0 aromatic heterocycles. The van der Waals surface area contributed by atoms with E-state index in [0.717, 1.165) is 27.3 Å². The van der Waals surface area contributed by atoms with E-state index in [9.17, 15) is 0 Å². The van der Waals surface area contributed by atoms with Crippen molar-refractivity contribution in [1.82, 2.24) is 0 Å². The molecule has 0 unspecified atom stereocenters. The van der Waals surface area contributed by atoms with Gasteiger partial charge in [-0.2, -0.15) is 0 Å². The monoisotopic (exact) mass is 450 g/mol. The van der Waals surface area contributed by atoms with Crippen LogP contribution in [0.4, 0.5) is 0 Å². The van der Waals surface area contributed by atoms with Crippen LogP contribution in [0.5, 0.6) is 0 Å². The van der Waals surface area contributed by atoms with Gasteiger partial charge >= 0.3 is 0 Å². The number of halogens is 2. The molecule has 0 amide bonds. The third-order valence-electron chi connectivity index (χ3n) is 4.56. The molecule has 0 atom stereocenters. The lowest BCUT2D eigenvalue weighted by Gasteiger charge is -2.40. The van der Waals surface area contributed by atoms with Gasteiger partial charge in [0.25, 0.3) is 0 Å². The van der Waals surface area contributed by atoms with Crippen LogP contribution in [0.2, 0.25) is 0 Å². The van der Waals surface area contributed by atoms with E-state index in [2.05, 4.69) is 76.6 Å². The van der Waals surface area contributed by atoms with Crippen LogP contribution in [0.1, 0.15) is 45.1 Å². The van der Waals surface area contributed by atoms with Crippen molar-refractivity contribution in [3.63, 3.8) is 0 Å². The minimum Gasteiger partial charge on any atom is -0.370 e. The Morgan fingerprint density at radius 1 is 1.35 bits per heavy atom. The highest BCUT2D eigenvalue weighted by Gasteiger charge is 2.36. The third kappa shape index (κ3) is 4.44. The molecule has 0 radical (unpaired) electrons. The highest BCUT2D eigenvalue weighted by Crippen LogP contribution is 2.39. The van der Waals surface area contributed by atoms with Crippen LogP contribution in [0.25, 0.3) is 0 Å². The number of rotatable bonds is 5. The van der Waals surface area contributed by atoms with Crippen LogP contribution < -0.4 is 0 Å². The Hall–Kier alpha value is 0.390. The lowest BCUT2D eigenvalue weighted by Crippen LogP contribution is -2.39. The zero-order valence-corrected chi connectivity index (χ0v) is 16.1. The molecule has 20 heavy (non-hydrogen) atoms. The summed E-state index contributed by atoms with van der Waals surface area (Å²) in [5.41, 5.74) is 1.36. The summed E-state index contributed by atoms with van der Waals surface area (Å²) < 4.78 is 8.59. The van der Waals surface area contributed by atoms with Crippen molar-refractivity contribution in [3.05, 3.63) is 34.3 Å². The van der Waals surface area contributed by atoms with Crippen LogP contribution in [-0.4, -0.2) is 10.0 Å². The maximum absolute atomic E-state index is 6.36. The Bertz CT molecular complexity index is 425. The number of benzene rings is 1. The number of ether oxygens (including phenoxy) is 1. The molecule has 1 aliphatic rings. The van der Waals surface area contributed by atoms with Crippen molar-refractivity contribution >= 4 is 38.5 Å². The molecule has 1 saturated carbocycles. The van der Waals surface area contributed by atoms with Crippen molar-refractivity contribution in [2.24, 2.45) is 11.8 Å². The Kier molecular flexibility index (Phi) is 6.36. The van der Waals surface area contributed by atoms with E-state index in [1.165, 1.54) is 31.2 Å². The highest BCUT2D eigenvalue weighted by molar-refractivity contribution is 14.1. The van der Waals surface area contributed by atoms with Crippen molar-refractivity contribution in [2.45, 2.75) is 51.7 Å². The first-order valence-corrected chi connectivity index (χ1v) is 9.81. The molecule has 1 aromatic rings. The molecule has 0 N–H and O–H groups in total. The van der Waals surface area contributed by atoms with Crippen LogP contribution in [0.15, 0.2) is 28.7 Å². The molecule has 2 rings (SSSR count). The number of hydrogen-bond acceptors (Lipinski definition) is 1. The van der Waals surface area contributed by atoms with Gasteiger partial charge in [-0.25, -0.2) is 0 Å². The normalized spacial score (nSPS) is 26.9. The maximum atomic E-state index is 6.36. The van der Waals surface area contributed by atoms with E-state index in [1.54, 1.807) is 0 Å². The third-order valence-corrected chi connectivity index (χ3v) is 6.45. The van der Waals surface area contributed by atoms with Crippen LogP contribution in [0, 0.1) is 11.8 Å². The Labute approximate surface area is 145 Å². The summed E-state index contributed by atoms with van der Waals surface area (Å²) in [4.78, 5) is 0. The first-order chi connectivity index (χ1) is 9.54. The second-order valence-electron chi connectivity index (χ2n) is 6.32. The second-order valence-corrected chi connectivity index (χ2v) is 8.00. The summed E-state index contributed by atoms with van der Waals surface area (Å²) in [6.07, 6.45) is 5.07. The molecule has 0 spiro atoms. The fraction of sp³-hybridized carbons (Fsp3) is 0.647. The Balaban J connectivity index is 1.92. The predicted octanol–water partition coefficient (Wildman–Crippen LogP) is 5.99. The average Bonchev–Trinajstić information content (AvgIpc) is 2.45. The number of hydrogen-bond donors (Lipinski definition) is 0. The smallest absolute Gasteiger partial charge is 0.0776 e. The van der Waals surface area contributed by atoms with Gasteiger partial charge in [-0.1, -0.05) is 64.5 Å². The minimum atomic E-state index is 0.105. The van der Waals surface area contributed by atoms with E-state index in [-0.39, 0.29) is 5.60 Å². The van der Waals surface area contributed by atoms with E-state index in [4.69, 9.17) is 4.74 Å². The molecule has 0 aliphatic heterocycles. The van der Waals surface area contributed by atoms with Crippen LogP contribution in [0.3, 0.4) is 0 Å². The molecule has 112 valence electrons. The lowest BCUT2D eigenvalue weighted by molar-refractivity contribution is -0.0720. The van der Waals surface area contributed by atoms with Crippen LogP contribution >= 0.6 is 38.5 Å². The topological polar surface area (TPSA) is 9.23 Å². The van der Waals surface area contributed by atoms with E-state index >= 15 is 0 Å². The first-order valence-electron chi connectivity index (χ1n) is 7.49. The van der Waals surface area contributed by atoms with Gasteiger partial charge in [0, 0.05) is 8.90 Å². The quantitative estimate of drug-likeness (QED) is 0.395. The van der Waals surface area contributed by atoms with Gasteiger partial charge < -0.3 is 4.74 Å². The van der Waals surface area contributed by atoms with Gasteiger partial charge in [0.05, 0.1) is 12.2 Å². The minimum absolute atomic E-state index is 0.105. The summed E-state index contributed by atoms with van der Waals surface area (Å²) >= 11 is 6.02. The summed E-state index contributed by atoms with van der Waals surface area (Å²) in [7, 11) is 0. The van der Waals surface area contributed by atoms with Crippen molar-refractivity contribution in [1.29, 1.82) is 0 Å². The van der Waals surface area contributed by atoms with Gasteiger partial charge in [0.1, 0.15) is 0 Å². The van der Waals surface area contributed by atoms with Gasteiger partial charge in [0.15, 0.2) is 0 Å². The number of alkyl halides is 1. The molecule has 0 bridgehead atoms. The van der Waals surface area contributed by atoms with Crippen LogP contribution in [-0.2, 0) is 11.3 Å². The maximum Gasteiger partial charge on any atom is 0.0776 e. The van der Waals surface area contributed by atoms with Gasteiger partial charge in [-0.3, -0.25) is 0 Å². The Morgan fingerprint density at radius 3 is 2.60 bits per heavy atom. The molecule has 1 fully saturated rings. The van der Waals surface area contributed by atoms with Crippen molar-refractivity contribution in [3.8, 4) is 0 Å². The zero-order valence-electron chi connectivity index (χ0n) is 12.4. The van der Waals surface area contributed by atoms with Gasteiger partial charge in [-0.15, -0.1) is 0 Å². The van der Waals surface area contributed by atoms with E-state index in [0.29, 0.717) is 0 Å². The van der Waals surface area contributed by atoms with Gasteiger partial charge in [0.2, 0.25) is 0 Å². The molecule has 1 nitrogen and oxygen atoms in total. The molecule has 1 aliphatic carbocycles. The SMILES string of the molecule is CC(C)C1CCC(CI)(OCc2cccc(Br)c2)CC1. The summed E-state index contributed by atoms with van der Waals surface area (Å²) in [5, 5.41) is 0. The van der Waals surface area contributed by atoms with E-state index in [1.807, 2.05) is 0 Å². The highest BCUT2D eigenvalue weighted by atomic mass is 127. The lowest BCUT2D eigenvalue weighted by atomic mass is 9.75. The largest absolute Gasteiger partial charge is 0.370 e. The predicted molar refractivity (Wildman–Crippen MR) is 97.3 cm³/mol. The van der Waals surface area contributed by atoms with Gasteiger partial charge in [-0.05, 0) is 55.2 Å². The second kappa shape index (κ2) is 7.59. The summed E-state index contributed by atoms with van der Waals surface area (Å²) in [5.74, 6) is 1.70. The Morgan fingerprint density at radius 2 is 2.05 bits per heavy atom. The van der Waals surface area contributed by atoms with Crippen molar-refractivity contribution in [2.75, 3.05) is 4.43 Å².